The number of β-lactam (4-membered cyclic amide) rings is 1. The number of fused-ring (bicyclic) bond motifs is 1. The Labute approximate surface area is 230 Å². The fraction of sp³-hybridized carbons (Fsp3) is 0.708. The molecule has 4 rings (SSSR count). The SMILES string of the molecule is C[C@@H](O)[C@H]1C(=O)N2C(C(=O)O)=C(S[C@@H]3CN[C@H](C(=O)N4CC[C@H](NC(=O)CC(O)CN=C(N)N)C4)C3)[C@H](C)[C@H]12. The van der Waals surface area contributed by atoms with E-state index in [0.717, 1.165) is 0 Å². The zero-order valence-electron chi connectivity index (χ0n) is 21.9. The number of aliphatic hydroxyl groups is 2. The quantitative estimate of drug-likeness (QED) is 0.0819. The van der Waals surface area contributed by atoms with E-state index < -0.39 is 30.1 Å². The van der Waals surface area contributed by atoms with Gasteiger partial charge in [0.15, 0.2) is 5.96 Å². The van der Waals surface area contributed by atoms with E-state index in [1.807, 2.05) is 6.92 Å². The number of aliphatic carboxylic acids is 1. The van der Waals surface area contributed by atoms with Crippen molar-refractivity contribution in [3.05, 3.63) is 10.6 Å². The summed E-state index contributed by atoms with van der Waals surface area (Å²) in [7, 11) is 0. The van der Waals surface area contributed by atoms with Gasteiger partial charge in [0.25, 0.3) is 0 Å². The Morgan fingerprint density at radius 3 is 2.64 bits per heavy atom. The first-order valence-corrected chi connectivity index (χ1v) is 14.0. The number of hydrogen-bond donors (Lipinski definition) is 7. The highest BCUT2D eigenvalue weighted by Crippen LogP contribution is 2.51. The molecule has 0 radical (unpaired) electrons. The van der Waals surface area contributed by atoms with Crippen LogP contribution in [0.2, 0.25) is 0 Å². The van der Waals surface area contributed by atoms with Crippen molar-refractivity contribution < 1.29 is 34.5 Å². The van der Waals surface area contributed by atoms with Crippen molar-refractivity contribution in [3.8, 4) is 0 Å². The summed E-state index contributed by atoms with van der Waals surface area (Å²) < 4.78 is 0. The van der Waals surface area contributed by atoms with Crippen LogP contribution >= 0.6 is 11.8 Å². The van der Waals surface area contributed by atoms with E-state index >= 15 is 0 Å². The zero-order chi connectivity index (χ0) is 28.6. The molecule has 14 nitrogen and oxygen atoms in total. The summed E-state index contributed by atoms with van der Waals surface area (Å²) in [5.41, 5.74) is 10.4. The number of guanidine groups is 1. The molecule has 0 spiro atoms. The first-order valence-electron chi connectivity index (χ1n) is 13.1. The standard InChI is InChI=1S/C24H37N7O7S/c1-10-18-17(11(2)32)22(36)31(18)19(23(37)38)20(10)39-14-6-15(27-8-14)21(35)30-4-3-12(9-30)29-16(34)5-13(33)7-28-24(25)26/h10-15,17-18,27,32-33H,3-9H2,1-2H3,(H,29,34)(H,37,38)(H4,25,26,28)/t10-,11-,12+,13?,14+,15+,17-,18-/m1/s1. The van der Waals surface area contributed by atoms with Gasteiger partial charge in [-0.2, -0.15) is 0 Å². The van der Waals surface area contributed by atoms with E-state index in [-0.39, 0.29) is 65.6 Å². The number of carboxylic acid groups (broad SMARTS) is 1. The fourth-order valence-electron chi connectivity index (χ4n) is 5.91. The maximum Gasteiger partial charge on any atom is 0.353 e. The molecule has 4 aliphatic heterocycles. The first-order chi connectivity index (χ1) is 18.4. The molecule has 0 aromatic carbocycles. The number of nitrogens with zero attached hydrogens (tertiary/aromatic N) is 3. The number of aliphatic imine (C=N–C) groups is 1. The molecule has 0 aromatic rings. The van der Waals surface area contributed by atoms with E-state index in [4.69, 9.17) is 11.5 Å². The second-order valence-electron chi connectivity index (χ2n) is 10.7. The third kappa shape index (κ3) is 6.00. The maximum absolute atomic E-state index is 13.2. The van der Waals surface area contributed by atoms with E-state index in [0.29, 0.717) is 37.4 Å². The Hall–Kier alpha value is -2.88. The molecule has 4 aliphatic rings. The number of carbonyl (C=O) groups excluding carboxylic acids is 3. The zero-order valence-corrected chi connectivity index (χ0v) is 22.8. The van der Waals surface area contributed by atoms with Crippen LogP contribution in [-0.4, -0.2) is 117 Å². The van der Waals surface area contributed by atoms with Crippen LogP contribution in [-0.2, 0) is 19.2 Å². The normalized spacial score (nSPS) is 31.5. The number of amides is 3. The van der Waals surface area contributed by atoms with Gasteiger partial charge in [0, 0.05) is 41.7 Å². The lowest BCUT2D eigenvalue weighted by atomic mass is 9.79. The molecular weight excluding hydrogens is 530 g/mol. The monoisotopic (exact) mass is 567 g/mol. The number of aliphatic hydroxyl groups excluding tert-OH is 2. The molecule has 9 N–H and O–H groups in total. The number of nitrogens with two attached hydrogens (primary N) is 2. The van der Waals surface area contributed by atoms with Gasteiger partial charge in [-0.3, -0.25) is 19.4 Å². The van der Waals surface area contributed by atoms with E-state index in [1.54, 1.807) is 11.8 Å². The lowest BCUT2D eigenvalue weighted by Crippen LogP contribution is -2.63. The minimum atomic E-state index is -1.17. The molecule has 0 aromatic heterocycles. The molecule has 4 heterocycles. The summed E-state index contributed by atoms with van der Waals surface area (Å²) in [6.07, 6.45) is -0.937. The average molecular weight is 568 g/mol. The maximum atomic E-state index is 13.2. The number of carboxylic acids is 1. The minimum Gasteiger partial charge on any atom is -0.477 e. The Balaban J connectivity index is 1.29. The summed E-state index contributed by atoms with van der Waals surface area (Å²) in [6, 6.07) is -1.04. The lowest BCUT2D eigenvalue weighted by Gasteiger charge is -2.46. The first kappa shape index (κ1) is 29.1. The Bertz CT molecular complexity index is 1080. The third-order valence-corrected chi connectivity index (χ3v) is 9.28. The fourth-order valence-corrected chi connectivity index (χ4v) is 7.39. The van der Waals surface area contributed by atoms with Gasteiger partial charge in [0.1, 0.15) is 5.70 Å². The summed E-state index contributed by atoms with van der Waals surface area (Å²) in [5, 5.41) is 35.8. The largest absolute Gasteiger partial charge is 0.477 e. The number of hydrogen-bond acceptors (Lipinski definition) is 9. The second kappa shape index (κ2) is 11.7. The number of thioether (sulfide) groups is 1. The molecule has 1 unspecified atom stereocenters. The summed E-state index contributed by atoms with van der Waals surface area (Å²) in [4.78, 5) is 57.3. The van der Waals surface area contributed by atoms with Crippen LogP contribution in [0.5, 0.6) is 0 Å². The molecule has 3 amide bonds. The summed E-state index contributed by atoms with van der Waals surface area (Å²) in [5.74, 6) is -2.98. The summed E-state index contributed by atoms with van der Waals surface area (Å²) in [6.45, 7) is 4.70. The molecule has 3 fully saturated rings. The van der Waals surface area contributed by atoms with Gasteiger partial charge < -0.3 is 47.2 Å². The highest BCUT2D eigenvalue weighted by atomic mass is 32.2. The van der Waals surface area contributed by atoms with Crippen molar-refractivity contribution in [1.82, 2.24) is 20.4 Å². The smallest absolute Gasteiger partial charge is 0.353 e. The Morgan fingerprint density at radius 2 is 2.00 bits per heavy atom. The summed E-state index contributed by atoms with van der Waals surface area (Å²) >= 11 is 1.39. The van der Waals surface area contributed by atoms with Crippen LogP contribution < -0.4 is 22.1 Å². The van der Waals surface area contributed by atoms with Gasteiger partial charge in [-0.25, -0.2) is 4.79 Å². The van der Waals surface area contributed by atoms with Crippen molar-refractivity contribution in [2.24, 2.45) is 28.3 Å². The number of nitrogens with one attached hydrogen (secondary N) is 2. The highest BCUT2D eigenvalue weighted by molar-refractivity contribution is 8.03. The van der Waals surface area contributed by atoms with Gasteiger partial charge in [-0.15, -0.1) is 11.8 Å². The molecule has 0 saturated carbocycles. The van der Waals surface area contributed by atoms with E-state index in [1.165, 1.54) is 16.7 Å². The van der Waals surface area contributed by atoms with Crippen LogP contribution in [0.4, 0.5) is 0 Å². The van der Waals surface area contributed by atoms with Gasteiger partial charge >= 0.3 is 5.97 Å². The molecule has 15 heteroatoms. The third-order valence-electron chi connectivity index (χ3n) is 7.76. The van der Waals surface area contributed by atoms with Crippen LogP contribution in [0.25, 0.3) is 0 Å². The van der Waals surface area contributed by atoms with Crippen molar-refractivity contribution >= 4 is 41.4 Å². The lowest BCUT2D eigenvalue weighted by molar-refractivity contribution is -0.163. The van der Waals surface area contributed by atoms with Crippen molar-refractivity contribution in [1.29, 1.82) is 0 Å². The van der Waals surface area contributed by atoms with Gasteiger partial charge in [-0.1, -0.05) is 6.92 Å². The molecule has 0 bridgehead atoms. The van der Waals surface area contributed by atoms with Crippen LogP contribution in [0.15, 0.2) is 15.6 Å². The molecule has 0 aliphatic carbocycles. The number of rotatable bonds is 10. The molecule has 216 valence electrons. The van der Waals surface area contributed by atoms with Gasteiger partial charge in [-0.05, 0) is 19.8 Å². The van der Waals surface area contributed by atoms with Gasteiger partial charge in [0.2, 0.25) is 17.7 Å². The molecule has 39 heavy (non-hydrogen) atoms. The predicted molar refractivity (Wildman–Crippen MR) is 142 cm³/mol. The molecule has 3 saturated heterocycles. The van der Waals surface area contributed by atoms with Crippen LogP contribution in [0, 0.1) is 11.8 Å². The van der Waals surface area contributed by atoms with Crippen molar-refractivity contribution in [2.75, 3.05) is 26.2 Å². The van der Waals surface area contributed by atoms with Crippen LogP contribution in [0.3, 0.4) is 0 Å². The highest BCUT2D eigenvalue weighted by Gasteiger charge is 2.60. The van der Waals surface area contributed by atoms with E-state index in [2.05, 4.69) is 15.6 Å². The van der Waals surface area contributed by atoms with Crippen molar-refractivity contribution in [3.63, 3.8) is 0 Å². The van der Waals surface area contributed by atoms with Crippen LogP contribution in [0.1, 0.15) is 33.1 Å². The Morgan fingerprint density at radius 1 is 1.28 bits per heavy atom. The number of carbonyl (C=O) groups is 4. The predicted octanol–water partition coefficient (Wildman–Crippen LogP) is -2.65. The average Bonchev–Trinajstić information content (AvgIpc) is 3.56. The second-order valence-corrected chi connectivity index (χ2v) is 12.0. The minimum absolute atomic E-state index is 0.0179. The van der Waals surface area contributed by atoms with Gasteiger partial charge in [0.05, 0.1) is 43.2 Å². The van der Waals surface area contributed by atoms with E-state index in [9.17, 15) is 34.5 Å². The topological polar surface area (TPSA) is 224 Å². The molecular formula is C24H37N7O7S. The van der Waals surface area contributed by atoms with Crippen molar-refractivity contribution in [2.45, 2.75) is 68.7 Å². The Kier molecular flexibility index (Phi) is 8.73. The molecule has 8 atom stereocenters. The number of likely N-dealkylation sites (tertiary alicyclic amines) is 1.